The highest BCUT2D eigenvalue weighted by Gasteiger charge is 2.58. The van der Waals surface area contributed by atoms with Gasteiger partial charge in [-0.2, -0.15) is 0 Å². The Kier molecular flexibility index (Phi) is 11.4. The van der Waals surface area contributed by atoms with Gasteiger partial charge in [-0.25, -0.2) is 0 Å². The van der Waals surface area contributed by atoms with Crippen LogP contribution in [0.4, 0.5) is 5.69 Å². The van der Waals surface area contributed by atoms with Gasteiger partial charge in [-0.1, -0.05) is 142 Å². The number of aromatic hydroxyl groups is 1. The van der Waals surface area contributed by atoms with Crippen molar-refractivity contribution in [3.05, 3.63) is 144 Å². The number of rotatable bonds is 12. The van der Waals surface area contributed by atoms with Crippen molar-refractivity contribution in [2.75, 3.05) is 18.1 Å². The molecule has 3 N–H and O–H groups in total. The minimum Gasteiger partial charge on any atom is -0.507 e. The van der Waals surface area contributed by atoms with E-state index in [-0.39, 0.29) is 40.1 Å². The minimum atomic E-state index is -2.97. The monoisotopic (exact) mass is 805 g/mol. The van der Waals surface area contributed by atoms with Crippen LogP contribution in [-0.4, -0.2) is 61.7 Å². The molecule has 8 nitrogen and oxygen atoms in total. The first-order chi connectivity index (χ1) is 28.4. The van der Waals surface area contributed by atoms with Gasteiger partial charge in [0.25, 0.3) is 8.32 Å². The molecule has 0 spiro atoms. The molecule has 0 radical (unpaired) electrons. The highest BCUT2D eigenvalue weighted by molar-refractivity contribution is 6.99. The third-order valence-electron chi connectivity index (χ3n) is 12.8. The second kappa shape index (κ2) is 16.5. The zero-order chi connectivity index (χ0) is 41.5. The van der Waals surface area contributed by atoms with E-state index in [9.17, 15) is 24.7 Å². The molecule has 8 rings (SSSR count). The van der Waals surface area contributed by atoms with Gasteiger partial charge in [0, 0.05) is 11.3 Å². The van der Waals surface area contributed by atoms with Gasteiger partial charge in [-0.15, -0.1) is 0 Å². The predicted octanol–water partition coefficient (Wildman–Crippen LogP) is 6.90. The zero-order valence-electron chi connectivity index (χ0n) is 34.2. The summed E-state index contributed by atoms with van der Waals surface area (Å²) in [7, 11) is -4.70. The number of carbonyl (C=O) groups is 2. The minimum absolute atomic E-state index is 0.209. The second-order valence-corrected chi connectivity index (χ2v) is 21.5. The first kappa shape index (κ1) is 40.7. The van der Waals surface area contributed by atoms with E-state index in [1.165, 1.54) is 16.5 Å². The maximum atomic E-state index is 14.5. The summed E-state index contributed by atoms with van der Waals surface area (Å²) in [6.07, 6.45) is 4.62. The molecule has 0 unspecified atom stereocenters. The molecule has 2 amide bonds. The average molecular weight is 806 g/mol. The third kappa shape index (κ3) is 7.42. The van der Waals surface area contributed by atoms with E-state index in [2.05, 4.69) is 82.3 Å². The van der Waals surface area contributed by atoms with Crippen molar-refractivity contribution in [1.29, 1.82) is 0 Å². The molecule has 5 aromatic rings. The zero-order valence-corrected chi connectivity index (χ0v) is 35.2. The molecule has 2 saturated heterocycles. The molecule has 1 aliphatic carbocycles. The van der Waals surface area contributed by atoms with Gasteiger partial charge in [0.15, 0.2) is 0 Å². The summed E-state index contributed by atoms with van der Waals surface area (Å²) in [5.41, 5.74) is 4.95. The Balaban J connectivity index is 1.18. The Labute approximate surface area is 348 Å². The number of fused-ring (bicyclic) bond motifs is 4. The molecule has 0 bridgehead atoms. The highest BCUT2D eigenvalue weighted by atomic mass is 28.4. The van der Waals surface area contributed by atoms with Crippen LogP contribution >= 0.6 is 0 Å². The Morgan fingerprint density at radius 3 is 2.15 bits per heavy atom. The van der Waals surface area contributed by atoms with Crippen LogP contribution in [0.1, 0.15) is 58.9 Å². The summed E-state index contributed by atoms with van der Waals surface area (Å²) in [6.45, 7) is 9.53. The fraction of sp³-hybridized carbons (Fsp3) is 0.306. The Hall–Kier alpha value is -5.10. The van der Waals surface area contributed by atoms with E-state index < -0.39 is 27.3 Å². The summed E-state index contributed by atoms with van der Waals surface area (Å²) in [5.74, 6) is -1.82. The van der Waals surface area contributed by atoms with Crippen molar-refractivity contribution in [2.45, 2.75) is 64.5 Å². The van der Waals surface area contributed by atoms with Crippen molar-refractivity contribution in [3.8, 4) is 5.75 Å². The lowest BCUT2D eigenvalue weighted by atomic mass is 9.69. The van der Waals surface area contributed by atoms with Gasteiger partial charge in [-0.05, 0) is 86.9 Å². The number of ether oxygens (including phenoxy) is 1. The largest absolute Gasteiger partial charge is 0.507 e. The summed E-state index contributed by atoms with van der Waals surface area (Å²) < 4.78 is 14.2. The van der Waals surface area contributed by atoms with Crippen LogP contribution in [0, 0.1) is 17.8 Å². The maximum absolute atomic E-state index is 14.5. The number of benzene rings is 5. The Morgan fingerprint density at radius 1 is 0.847 bits per heavy atom. The van der Waals surface area contributed by atoms with Crippen molar-refractivity contribution < 1.29 is 33.9 Å². The normalized spacial score (nSPS) is 21.0. The van der Waals surface area contributed by atoms with Gasteiger partial charge in [-0.3, -0.25) is 14.5 Å². The number of amides is 2. The van der Waals surface area contributed by atoms with Crippen molar-refractivity contribution in [2.24, 2.45) is 17.8 Å². The standard InChI is InChI=1S/C49H52BNO7Si/c1-5-32(27-33-24-25-43(52)40-22-13-12-21-39(33)40)23-26-44-45-34(30-58-59(49(2,3)4,37-17-8-6-9-18-37)38-19-10-7-11-20-38)28-41-46(42(45)31-57-44)48(54)51(47(41)53)36-16-14-15-35(29-36)50(55)56/h6-22,24-25,27,29,41-42,44,46,52,55-56H,5,23,26,28,30-31H2,1-4H3/b32-27+/t41-,42+,44-,46-/m1/s1. The van der Waals surface area contributed by atoms with Gasteiger partial charge in [0.05, 0.1) is 36.8 Å². The summed E-state index contributed by atoms with van der Waals surface area (Å²) in [5, 5.41) is 34.3. The maximum Gasteiger partial charge on any atom is 0.488 e. The van der Waals surface area contributed by atoms with E-state index in [1.807, 2.05) is 42.5 Å². The molecule has 2 aliphatic heterocycles. The number of imide groups is 1. The molecule has 3 aliphatic rings. The van der Waals surface area contributed by atoms with Crippen molar-refractivity contribution in [3.63, 3.8) is 0 Å². The fourth-order valence-corrected chi connectivity index (χ4v) is 14.5. The van der Waals surface area contributed by atoms with E-state index in [0.29, 0.717) is 31.7 Å². The topological polar surface area (TPSA) is 117 Å². The number of carbonyl (C=O) groups excluding carboxylic acids is 2. The lowest BCUT2D eigenvalue weighted by molar-refractivity contribution is -0.122. The van der Waals surface area contributed by atoms with E-state index in [4.69, 9.17) is 9.16 Å². The molecular formula is C49H52BNO7Si. The van der Waals surface area contributed by atoms with Gasteiger partial charge in [0.1, 0.15) is 5.75 Å². The molecule has 302 valence electrons. The Morgan fingerprint density at radius 2 is 1.51 bits per heavy atom. The second-order valence-electron chi connectivity index (χ2n) is 17.2. The molecular weight excluding hydrogens is 753 g/mol. The van der Waals surface area contributed by atoms with Gasteiger partial charge in [0.2, 0.25) is 11.8 Å². The average Bonchev–Trinajstić information content (AvgIpc) is 3.78. The third-order valence-corrected chi connectivity index (χ3v) is 17.8. The van der Waals surface area contributed by atoms with Crippen LogP contribution in [0.3, 0.4) is 0 Å². The van der Waals surface area contributed by atoms with Crippen LogP contribution < -0.4 is 20.7 Å². The summed E-state index contributed by atoms with van der Waals surface area (Å²) >= 11 is 0. The summed E-state index contributed by atoms with van der Waals surface area (Å²) in [4.78, 5) is 30.2. The number of hydrogen-bond donors (Lipinski definition) is 3. The fourth-order valence-electron chi connectivity index (χ4n) is 9.96. The molecule has 0 aromatic heterocycles. The molecule has 59 heavy (non-hydrogen) atoms. The predicted molar refractivity (Wildman–Crippen MR) is 237 cm³/mol. The highest BCUT2D eigenvalue weighted by Crippen LogP contribution is 2.51. The van der Waals surface area contributed by atoms with Crippen LogP contribution in [0.25, 0.3) is 16.8 Å². The molecule has 0 saturated carbocycles. The smallest absolute Gasteiger partial charge is 0.488 e. The van der Waals surface area contributed by atoms with Crippen LogP contribution in [0.2, 0.25) is 5.04 Å². The summed E-state index contributed by atoms with van der Waals surface area (Å²) in [6, 6.07) is 39.0. The lowest BCUT2D eigenvalue weighted by Gasteiger charge is -2.44. The molecule has 5 aromatic carbocycles. The van der Waals surface area contributed by atoms with E-state index in [1.54, 1.807) is 24.3 Å². The molecule has 2 heterocycles. The van der Waals surface area contributed by atoms with Crippen LogP contribution in [0.15, 0.2) is 138 Å². The van der Waals surface area contributed by atoms with Crippen LogP contribution in [-0.2, 0) is 18.8 Å². The molecule has 10 heteroatoms. The van der Waals surface area contributed by atoms with Gasteiger partial charge >= 0.3 is 7.12 Å². The molecule has 4 atom stereocenters. The lowest BCUT2D eigenvalue weighted by Crippen LogP contribution is -2.66. The SMILES string of the molecule is CC/C(=C\c1ccc(O)c2ccccc12)CC[C@H]1OC[C@H]2C1=C(CO[Si](c1ccccc1)(c1ccccc1)C(C)(C)C)C[C@H]1C(=O)N(c3cccc(B(O)O)c3)C(=O)[C@H]12. The first-order valence-electron chi connectivity index (χ1n) is 20.8. The van der Waals surface area contributed by atoms with Crippen molar-refractivity contribution in [1.82, 2.24) is 0 Å². The first-order valence-corrected chi connectivity index (χ1v) is 22.7. The van der Waals surface area contributed by atoms with Crippen molar-refractivity contribution >= 4 is 65.6 Å². The number of nitrogens with zero attached hydrogens (tertiary/aromatic N) is 1. The van der Waals surface area contributed by atoms with E-state index >= 15 is 0 Å². The number of phenolic OH excluding ortho intramolecular Hbond substituents is 1. The number of allylic oxidation sites excluding steroid dienone is 1. The number of anilines is 1. The quantitative estimate of drug-likeness (QED) is 0.0715. The van der Waals surface area contributed by atoms with Gasteiger partial charge < -0.3 is 24.3 Å². The van der Waals surface area contributed by atoms with Crippen LogP contribution in [0.5, 0.6) is 5.75 Å². The number of phenols is 1. The number of hydrogen-bond acceptors (Lipinski definition) is 7. The van der Waals surface area contributed by atoms with E-state index in [0.717, 1.165) is 50.7 Å². The Bertz CT molecular complexity index is 2390. The molecule has 2 fully saturated rings.